The highest BCUT2D eigenvalue weighted by Gasteiger charge is 2.20. The van der Waals surface area contributed by atoms with E-state index < -0.39 is 10.0 Å². The highest BCUT2D eigenvalue weighted by atomic mass is 32.2. The third-order valence-corrected chi connectivity index (χ3v) is 7.11. The third kappa shape index (κ3) is 5.51. The van der Waals surface area contributed by atoms with Crippen molar-refractivity contribution in [2.75, 3.05) is 27.2 Å². The minimum absolute atomic E-state index is 0.0551. The zero-order chi connectivity index (χ0) is 23.3. The Morgan fingerprint density at radius 2 is 1.78 bits per heavy atom. The molecule has 0 bridgehead atoms. The van der Waals surface area contributed by atoms with E-state index in [9.17, 15) is 18.0 Å². The molecule has 1 N–H and O–H groups in total. The number of pyridine rings is 1. The van der Waals surface area contributed by atoms with Crippen LogP contribution in [0.5, 0.6) is 0 Å². The number of nitrogens with one attached hydrogen (secondary N) is 1. The Bertz CT molecular complexity index is 1200. The molecule has 9 nitrogen and oxygen atoms in total. The van der Waals surface area contributed by atoms with E-state index in [1.54, 1.807) is 59.2 Å². The fourth-order valence-electron chi connectivity index (χ4n) is 3.11. The lowest BCUT2D eigenvalue weighted by Crippen LogP contribution is -2.32. The molecule has 1 aromatic carbocycles. The summed E-state index contributed by atoms with van der Waals surface area (Å²) in [5.41, 5.74) is 2.05. The zero-order valence-electron chi connectivity index (χ0n) is 18.4. The van der Waals surface area contributed by atoms with Crippen LogP contribution in [0, 0.1) is 0 Å². The van der Waals surface area contributed by atoms with Gasteiger partial charge in [0.1, 0.15) is 5.65 Å². The lowest BCUT2D eigenvalue weighted by Gasteiger charge is -2.20. The number of benzene rings is 1. The van der Waals surface area contributed by atoms with Gasteiger partial charge in [0.2, 0.25) is 15.9 Å². The van der Waals surface area contributed by atoms with Gasteiger partial charge in [-0.15, -0.1) is 0 Å². The monoisotopic (exact) mass is 457 g/mol. The molecular weight excluding hydrogens is 430 g/mol. The fraction of sp³-hybridized carbons (Fsp3) is 0.318. The van der Waals surface area contributed by atoms with Crippen LogP contribution in [0.2, 0.25) is 0 Å². The van der Waals surface area contributed by atoms with Crippen molar-refractivity contribution in [2.45, 2.75) is 24.8 Å². The van der Waals surface area contributed by atoms with Gasteiger partial charge < -0.3 is 14.6 Å². The predicted molar refractivity (Wildman–Crippen MR) is 121 cm³/mol. The number of amides is 2. The molecule has 10 heteroatoms. The molecule has 3 aromatic rings. The van der Waals surface area contributed by atoms with Gasteiger partial charge in [0.15, 0.2) is 0 Å². The average molecular weight is 458 g/mol. The molecule has 170 valence electrons. The van der Waals surface area contributed by atoms with Crippen LogP contribution in [0.3, 0.4) is 0 Å². The van der Waals surface area contributed by atoms with Crippen LogP contribution in [0.25, 0.3) is 5.65 Å². The maximum Gasteiger partial charge on any atom is 0.253 e. The minimum Gasteiger partial charge on any atom is -0.348 e. The maximum atomic E-state index is 12.8. The number of hydrogen-bond donors (Lipinski definition) is 1. The molecular formula is C22H27N5O4S. The van der Waals surface area contributed by atoms with Crippen LogP contribution in [-0.4, -0.2) is 66.0 Å². The second kappa shape index (κ2) is 9.92. The second-order valence-corrected chi connectivity index (χ2v) is 9.60. The SMILES string of the molecule is CC(=O)N(C)CCCN(C)S(=O)(=O)c1ccc(CNC(=O)c2ccc3nccn3c2)cc1. The number of imidazole rings is 1. The van der Waals surface area contributed by atoms with Gasteiger partial charge in [0.25, 0.3) is 5.91 Å². The predicted octanol–water partition coefficient (Wildman–Crippen LogP) is 1.75. The van der Waals surface area contributed by atoms with Crippen molar-refractivity contribution in [1.82, 2.24) is 23.9 Å². The average Bonchev–Trinajstić information content (AvgIpc) is 3.25. The van der Waals surface area contributed by atoms with Gasteiger partial charge in [-0.1, -0.05) is 12.1 Å². The summed E-state index contributed by atoms with van der Waals surface area (Å²) in [4.78, 5) is 29.5. The van der Waals surface area contributed by atoms with Crippen molar-refractivity contribution in [3.05, 3.63) is 66.1 Å². The summed E-state index contributed by atoms with van der Waals surface area (Å²) < 4.78 is 28.6. The molecule has 0 aliphatic rings. The molecule has 0 fully saturated rings. The molecule has 0 spiro atoms. The fourth-order valence-corrected chi connectivity index (χ4v) is 4.32. The van der Waals surface area contributed by atoms with Gasteiger partial charge in [-0.3, -0.25) is 9.59 Å². The number of hydrogen-bond acceptors (Lipinski definition) is 5. The number of carbonyl (C=O) groups excluding carboxylic acids is 2. The second-order valence-electron chi connectivity index (χ2n) is 7.56. The Morgan fingerprint density at radius 3 is 2.47 bits per heavy atom. The number of nitrogens with zero attached hydrogens (tertiary/aromatic N) is 4. The van der Waals surface area contributed by atoms with Crippen LogP contribution in [0.15, 0.2) is 59.9 Å². The van der Waals surface area contributed by atoms with Crippen molar-refractivity contribution in [1.29, 1.82) is 0 Å². The van der Waals surface area contributed by atoms with Crippen LogP contribution in [0.1, 0.15) is 29.3 Å². The standard InChI is InChI=1S/C22H27N5O4S/c1-17(28)25(2)12-4-13-26(3)32(30,31)20-8-5-18(6-9-20)15-24-22(29)19-7-10-21-23-11-14-27(21)16-19/h5-11,14,16H,4,12-13,15H2,1-3H3,(H,24,29). The Morgan fingerprint density at radius 1 is 1.06 bits per heavy atom. The maximum absolute atomic E-state index is 12.8. The van der Waals surface area contributed by atoms with E-state index in [1.165, 1.54) is 30.4 Å². The lowest BCUT2D eigenvalue weighted by molar-refractivity contribution is -0.127. The molecule has 0 saturated heterocycles. The first-order chi connectivity index (χ1) is 15.2. The first-order valence-electron chi connectivity index (χ1n) is 10.2. The van der Waals surface area contributed by atoms with Crippen molar-refractivity contribution in [2.24, 2.45) is 0 Å². The molecule has 0 aliphatic carbocycles. The largest absolute Gasteiger partial charge is 0.348 e. The molecule has 2 amide bonds. The summed E-state index contributed by atoms with van der Waals surface area (Å²) in [7, 11) is -0.423. The molecule has 0 unspecified atom stereocenters. The summed E-state index contributed by atoms with van der Waals surface area (Å²) in [5, 5.41) is 2.84. The summed E-state index contributed by atoms with van der Waals surface area (Å²) in [5.74, 6) is -0.284. The number of carbonyl (C=O) groups is 2. The number of fused-ring (bicyclic) bond motifs is 1. The zero-order valence-corrected chi connectivity index (χ0v) is 19.2. The Labute approximate surface area is 187 Å². The lowest BCUT2D eigenvalue weighted by atomic mass is 10.2. The van der Waals surface area contributed by atoms with Crippen molar-refractivity contribution in [3.8, 4) is 0 Å². The van der Waals surface area contributed by atoms with Crippen LogP contribution in [-0.2, 0) is 21.4 Å². The van der Waals surface area contributed by atoms with E-state index >= 15 is 0 Å². The van der Waals surface area contributed by atoms with Crippen LogP contribution >= 0.6 is 0 Å². The molecule has 0 radical (unpaired) electrons. The van der Waals surface area contributed by atoms with Gasteiger partial charge in [0.05, 0.1) is 10.5 Å². The van der Waals surface area contributed by atoms with Gasteiger partial charge in [-0.05, 0) is 36.2 Å². The normalized spacial score (nSPS) is 11.6. The summed E-state index contributed by atoms with van der Waals surface area (Å²) >= 11 is 0. The van der Waals surface area contributed by atoms with E-state index in [1.807, 2.05) is 0 Å². The van der Waals surface area contributed by atoms with Gasteiger partial charge in [-0.2, -0.15) is 0 Å². The highest BCUT2D eigenvalue weighted by molar-refractivity contribution is 7.89. The quantitative estimate of drug-likeness (QED) is 0.527. The minimum atomic E-state index is -3.63. The Hall–Kier alpha value is -3.24. The van der Waals surface area contributed by atoms with E-state index in [4.69, 9.17) is 0 Å². The van der Waals surface area contributed by atoms with Gasteiger partial charge in [0, 0.05) is 59.2 Å². The van der Waals surface area contributed by atoms with Crippen molar-refractivity contribution >= 4 is 27.5 Å². The number of aromatic nitrogens is 2. The van der Waals surface area contributed by atoms with E-state index in [0.717, 1.165) is 11.2 Å². The molecule has 2 heterocycles. The molecule has 2 aromatic heterocycles. The smallest absolute Gasteiger partial charge is 0.253 e. The number of sulfonamides is 1. The summed E-state index contributed by atoms with van der Waals surface area (Å²) in [6.07, 6.45) is 5.68. The summed E-state index contributed by atoms with van der Waals surface area (Å²) in [6.45, 7) is 2.54. The van der Waals surface area contributed by atoms with Crippen molar-refractivity contribution in [3.63, 3.8) is 0 Å². The highest BCUT2D eigenvalue weighted by Crippen LogP contribution is 2.16. The first kappa shape index (κ1) is 23.4. The van der Waals surface area contributed by atoms with Gasteiger partial charge >= 0.3 is 0 Å². The number of rotatable bonds is 9. The van der Waals surface area contributed by atoms with E-state index in [-0.39, 0.29) is 23.3 Å². The first-order valence-corrected chi connectivity index (χ1v) is 11.6. The van der Waals surface area contributed by atoms with Crippen LogP contribution < -0.4 is 5.32 Å². The Balaban J connectivity index is 1.56. The topological polar surface area (TPSA) is 104 Å². The van der Waals surface area contributed by atoms with E-state index in [2.05, 4.69) is 10.3 Å². The molecule has 0 saturated carbocycles. The van der Waals surface area contributed by atoms with Gasteiger partial charge in [-0.25, -0.2) is 17.7 Å². The van der Waals surface area contributed by atoms with Crippen LogP contribution in [0.4, 0.5) is 0 Å². The Kier molecular flexibility index (Phi) is 7.26. The van der Waals surface area contributed by atoms with E-state index in [0.29, 0.717) is 25.1 Å². The summed E-state index contributed by atoms with van der Waals surface area (Å²) in [6, 6.07) is 9.91. The molecule has 3 rings (SSSR count). The molecule has 32 heavy (non-hydrogen) atoms. The molecule has 0 atom stereocenters. The molecule has 0 aliphatic heterocycles. The van der Waals surface area contributed by atoms with Crippen molar-refractivity contribution < 1.29 is 18.0 Å². The third-order valence-electron chi connectivity index (χ3n) is 5.24.